The van der Waals surface area contributed by atoms with Crippen LogP contribution in [0.25, 0.3) is 0 Å². The predicted molar refractivity (Wildman–Crippen MR) is 66.6 cm³/mol. The highest BCUT2D eigenvalue weighted by atomic mass is 16.5. The summed E-state index contributed by atoms with van der Waals surface area (Å²) in [6.45, 7) is 10.3. The molecule has 4 heteroatoms. The Labute approximate surface area is 103 Å². The van der Waals surface area contributed by atoms with Gasteiger partial charge < -0.3 is 14.9 Å². The van der Waals surface area contributed by atoms with Gasteiger partial charge >= 0.3 is 0 Å². The summed E-state index contributed by atoms with van der Waals surface area (Å²) in [6, 6.07) is 2.09. The number of hydrogen-bond donors (Lipinski definition) is 1. The fourth-order valence-electron chi connectivity index (χ4n) is 2.34. The second-order valence-electron chi connectivity index (χ2n) is 5.34. The standard InChI is InChI=1S/C13H22N2O2/c1-10-6-11(17-12(10)7-14)8-15-4-5-16-13(2,3)9-15/h6H,4-5,7-9,14H2,1-3H3. The van der Waals surface area contributed by atoms with Crippen molar-refractivity contribution in [2.24, 2.45) is 5.73 Å². The number of nitrogens with two attached hydrogens (primary N) is 1. The molecule has 4 nitrogen and oxygen atoms in total. The molecule has 0 amide bonds. The Bertz CT molecular complexity index is 385. The van der Waals surface area contributed by atoms with Crippen LogP contribution < -0.4 is 5.73 Å². The SMILES string of the molecule is Cc1cc(CN2CCOC(C)(C)C2)oc1CN. The summed E-state index contributed by atoms with van der Waals surface area (Å²) in [5, 5.41) is 0. The van der Waals surface area contributed by atoms with Crippen molar-refractivity contribution in [3.63, 3.8) is 0 Å². The Balaban J connectivity index is 2.00. The van der Waals surface area contributed by atoms with Gasteiger partial charge in [-0.25, -0.2) is 0 Å². The van der Waals surface area contributed by atoms with Gasteiger partial charge in [0.05, 0.1) is 25.3 Å². The molecule has 0 atom stereocenters. The Morgan fingerprint density at radius 3 is 2.82 bits per heavy atom. The smallest absolute Gasteiger partial charge is 0.120 e. The van der Waals surface area contributed by atoms with E-state index in [9.17, 15) is 0 Å². The van der Waals surface area contributed by atoms with E-state index in [2.05, 4.69) is 24.8 Å². The van der Waals surface area contributed by atoms with E-state index in [1.54, 1.807) is 0 Å². The van der Waals surface area contributed by atoms with Crippen LogP contribution in [0, 0.1) is 6.92 Å². The second-order valence-corrected chi connectivity index (χ2v) is 5.34. The molecule has 0 radical (unpaired) electrons. The lowest BCUT2D eigenvalue weighted by atomic mass is 10.1. The molecule has 0 unspecified atom stereocenters. The Hall–Kier alpha value is -0.840. The number of aryl methyl sites for hydroxylation is 1. The lowest BCUT2D eigenvalue weighted by molar-refractivity contribution is -0.0894. The molecule has 17 heavy (non-hydrogen) atoms. The van der Waals surface area contributed by atoms with Gasteiger partial charge in [0.25, 0.3) is 0 Å². The molecule has 1 aliphatic heterocycles. The highest BCUT2D eigenvalue weighted by molar-refractivity contribution is 5.19. The van der Waals surface area contributed by atoms with Crippen molar-refractivity contribution in [1.82, 2.24) is 4.90 Å². The number of rotatable bonds is 3. The van der Waals surface area contributed by atoms with Gasteiger partial charge in [-0.2, -0.15) is 0 Å². The fourth-order valence-corrected chi connectivity index (χ4v) is 2.34. The molecular formula is C13H22N2O2. The Morgan fingerprint density at radius 1 is 1.47 bits per heavy atom. The topological polar surface area (TPSA) is 51.6 Å². The molecule has 1 aliphatic rings. The zero-order chi connectivity index (χ0) is 12.5. The maximum atomic E-state index is 5.73. The van der Waals surface area contributed by atoms with Gasteiger partial charge in [-0.15, -0.1) is 0 Å². The molecule has 2 heterocycles. The molecule has 0 bridgehead atoms. The first-order valence-electron chi connectivity index (χ1n) is 6.15. The second kappa shape index (κ2) is 4.80. The van der Waals surface area contributed by atoms with E-state index < -0.39 is 0 Å². The van der Waals surface area contributed by atoms with E-state index in [1.807, 2.05) is 6.92 Å². The summed E-state index contributed by atoms with van der Waals surface area (Å²) in [4.78, 5) is 2.36. The van der Waals surface area contributed by atoms with E-state index in [1.165, 1.54) is 0 Å². The molecule has 0 saturated carbocycles. The van der Waals surface area contributed by atoms with Crippen LogP contribution in [-0.2, 0) is 17.8 Å². The third kappa shape index (κ3) is 3.09. The average Bonchev–Trinajstić information content (AvgIpc) is 2.57. The predicted octanol–water partition coefficient (Wildman–Crippen LogP) is 1.66. The zero-order valence-corrected chi connectivity index (χ0v) is 11.0. The van der Waals surface area contributed by atoms with Gasteiger partial charge in [0.1, 0.15) is 11.5 Å². The van der Waals surface area contributed by atoms with E-state index in [4.69, 9.17) is 14.9 Å². The van der Waals surface area contributed by atoms with Crippen LogP contribution in [0.15, 0.2) is 10.5 Å². The molecule has 1 aromatic rings. The zero-order valence-electron chi connectivity index (χ0n) is 11.0. The summed E-state index contributed by atoms with van der Waals surface area (Å²) in [6.07, 6.45) is 0. The number of hydrogen-bond acceptors (Lipinski definition) is 4. The van der Waals surface area contributed by atoms with Gasteiger partial charge in [-0.3, -0.25) is 4.90 Å². The van der Waals surface area contributed by atoms with Crippen LogP contribution in [0.1, 0.15) is 30.9 Å². The molecule has 0 aromatic carbocycles. The average molecular weight is 238 g/mol. The van der Waals surface area contributed by atoms with Crippen molar-refractivity contribution in [1.29, 1.82) is 0 Å². The largest absolute Gasteiger partial charge is 0.463 e. The highest BCUT2D eigenvalue weighted by Gasteiger charge is 2.27. The van der Waals surface area contributed by atoms with Crippen molar-refractivity contribution in [3.8, 4) is 0 Å². The number of morpholine rings is 1. The summed E-state index contributed by atoms with van der Waals surface area (Å²) in [5.41, 5.74) is 6.70. The Morgan fingerprint density at radius 2 is 2.24 bits per heavy atom. The van der Waals surface area contributed by atoms with Crippen LogP contribution >= 0.6 is 0 Å². The monoisotopic (exact) mass is 238 g/mol. The Kier molecular flexibility index (Phi) is 3.56. The van der Waals surface area contributed by atoms with Crippen LogP contribution in [0.2, 0.25) is 0 Å². The van der Waals surface area contributed by atoms with Crippen LogP contribution in [0.5, 0.6) is 0 Å². The molecule has 1 fully saturated rings. The molecule has 96 valence electrons. The minimum atomic E-state index is -0.0589. The van der Waals surface area contributed by atoms with Crippen molar-refractivity contribution in [2.45, 2.75) is 39.5 Å². The van der Waals surface area contributed by atoms with Gasteiger partial charge in [0.2, 0.25) is 0 Å². The third-order valence-corrected chi connectivity index (χ3v) is 3.14. The van der Waals surface area contributed by atoms with Crippen LogP contribution in [-0.4, -0.2) is 30.2 Å². The van der Waals surface area contributed by atoms with E-state index >= 15 is 0 Å². The molecular weight excluding hydrogens is 216 g/mol. The van der Waals surface area contributed by atoms with Gasteiger partial charge in [0, 0.05) is 13.1 Å². The lowest BCUT2D eigenvalue weighted by Crippen LogP contribution is -2.47. The lowest BCUT2D eigenvalue weighted by Gasteiger charge is -2.37. The molecule has 1 saturated heterocycles. The molecule has 2 rings (SSSR count). The van der Waals surface area contributed by atoms with Gasteiger partial charge in [0.15, 0.2) is 0 Å². The van der Waals surface area contributed by atoms with E-state index in [0.29, 0.717) is 6.54 Å². The van der Waals surface area contributed by atoms with Gasteiger partial charge in [-0.05, 0) is 32.4 Å². The fraction of sp³-hybridized carbons (Fsp3) is 0.692. The minimum absolute atomic E-state index is 0.0589. The summed E-state index contributed by atoms with van der Waals surface area (Å²) < 4.78 is 11.4. The van der Waals surface area contributed by atoms with Crippen molar-refractivity contribution < 1.29 is 9.15 Å². The van der Waals surface area contributed by atoms with E-state index in [-0.39, 0.29) is 5.60 Å². The minimum Gasteiger partial charge on any atom is -0.463 e. The number of furan rings is 1. The van der Waals surface area contributed by atoms with Gasteiger partial charge in [-0.1, -0.05) is 0 Å². The highest BCUT2D eigenvalue weighted by Crippen LogP contribution is 2.20. The van der Waals surface area contributed by atoms with Crippen molar-refractivity contribution >= 4 is 0 Å². The first-order valence-corrected chi connectivity index (χ1v) is 6.15. The molecule has 0 aliphatic carbocycles. The van der Waals surface area contributed by atoms with Crippen LogP contribution in [0.4, 0.5) is 0 Å². The van der Waals surface area contributed by atoms with Crippen molar-refractivity contribution in [2.75, 3.05) is 19.7 Å². The number of nitrogens with zero attached hydrogens (tertiary/aromatic N) is 1. The number of ether oxygens (including phenoxy) is 1. The molecule has 0 spiro atoms. The summed E-state index contributed by atoms with van der Waals surface area (Å²) >= 11 is 0. The third-order valence-electron chi connectivity index (χ3n) is 3.14. The summed E-state index contributed by atoms with van der Waals surface area (Å²) in [5.74, 6) is 1.90. The first-order chi connectivity index (χ1) is 8.00. The van der Waals surface area contributed by atoms with Crippen LogP contribution in [0.3, 0.4) is 0 Å². The normalized spacial score (nSPS) is 20.7. The maximum Gasteiger partial charge on any atom is 0.120 e. The first kappa shape index (κ1) is 12.6. The quantitative estimate of drug-likeness (QED) is 0.870. The van der Waals surface area contributed by atoms with Crippen molar-refractivity contribution in [3.05, 3.63) is 23.2 Å². The maximum absolute atomic E-state index is 5.73. The van der Waals surface area contributed by atoms with E-state index in [0.717, 1.165) is 43.3 Å². The molecule has 1 aromatic heterocycles. The summed E-state index contributed by atoms with van der Waals surface area (Å²) in [7, 11) is 0. The molecule has 2 N–H and O–H groups in total.